The van der Waals surface area contributed by atoms with Crippen LogP contribution in [0.3, 0.4) is 0 Å². The first-order valence-corrected chi connectivity index (χ1v) is 6.54. The van der Waals surface area contributed by atoms with E-state index in [2.05, 4.69) is 42.0 Å². The molecule has 0 aliphatic rings. The Morgan fingerprint density at radius 1 is 1.65 bits per heavy atom. The Labute approximate surface area is 117 Å². The van der Waals surface area contributed by atoms with Gasteiger partial charge in [-0.3, -0.25) is 0 Å². The summed E-state index contributed by atoms with van der Waals surface area (Å²) in [4.78, 5) is 6.29. The first-order valence-electron chi connectivity index (χ1n) is 4.96. The highest BCUT2D eigenvalue weighted by atomic mass is 79.9. The van der Waals surface area contributed by atoms with Crippen LogP contribution in [-0.2, 0) is 0 Å². The van der Waals surface area contributed by atoms with Crippen LogP contribution in [0.25, 0.3) is 0 Å². The van der Waals surface area contributed by atoms with E-state index in [9.17, 15) is 0 Å². The standard InChI is InChI=1S/C10H14Br2N4O/c1-6(3-9(13)15-17)16(2)10-8(12)4-7(11)5-14-10/h4-6,17H,3H2,1-2H3,(H2,13,15). The Hall–Kier alpha value is -0.820. The number of aromatic nitrogens is 1. The number of nitrogens with two attached hydrogens (primary N) is 1. The summed E-state index contributed by atoms with van der Waals surface area (Å²) in [6.45, 7) is 1.98. The topological polar surface area (TPSA) is 74.7 Å². The van der Waals surface area contributed by atoms with Gasteiger partial charge in [-0.05, 0) is 44.8 Å². The third-order valence-electron chi connectivity index (χ3n) is 2.42. The Morgan fingerprint density at radius 2 is 2.29 bits per heavy atom. The van der Waals surface area contributed by atoms with Gasteiger partial charge in [0.25, 0.3) is 0 Å². The molecule has 7 heteroatoms. The molecule has 0 fully saturated rings. The SMILES string of the molecule is CC(CC(N)=NO)N(C)c1ncc(Br)cc1Br. The summed E-state index contributed by atoms with van der Waals surface area (Å²) in [5.74, 6) is 1.02. The van der Waals surface area contributed by atoms with Crippen molar-refractivity contribution in [3.8, 4) is 0 Å². The Morgan fingerprint density at radius 3 is 2.82 bits per heavy atom. The van der Waals surface area contributed by atoms with Crippen molar-refractivity contribution in [1.29, 1.82) is 0 Å². The molecule has 1 aromatic rings. The van der Waals surface area contributed by atoms with Crippen molar-refractivity contribution in [3.05, 3.63) is 21.2 Å². The molecule has 1 unspecified atom stereocenters. The number of nitrogens with zero attached hydrogens (tertiary/aromatic N) is 3. The van der Waals surface area contributed by atoms with Crippen LogP contribution in [-0.4, -0.2) is 29.1 Å². The molecule has 0 aliphatic heterocycles. The Balaban J connectivity index is 2.85. The van der Waals surface area contributed by atoms with E-state index < -0.39 is 0 Å². The van der Waals surface area contributed by atoms with Crippen LogP contribution in [0, 0.1) is 0 Å². The predicted molar refractivity (Wildman–Crippen MR) is 75.5 cm³/mol. The minimum Gasteiger partial charge on any atom is -0.409 e. The largest absolute Gasteiger partial charge is 0.409 e. The summed E-state index contributed by atoms with van der Waals surface area (Å²) < 4.78 is 1.80. The molecule has 0 spiro atoms. The van der Waals surface area contributed by atoms with Gasteiger partial charge in [0.2, 0.25) is 0 Å². The number of halogens is 2. The molecule has 3 N–H and O–H groups in total. The first kappa shape index (κ1) is 14.2. The van der Waals surface area contributed by atoms with Crippen LogP contribution in [0.1, 0.15) is 13.3 Å². The van der Waals surface area contributed by atoms with Crippen molar-refractivity contribution in [2.24, 2.45) is 10.9 Å². The van der Waals surface area contributed by atoms with Crippen molar-refractivity contribution in [2.45, 2.75) is 19.4 Å². The molecular weight excluding hydrogens is 352 g/mol. The normalized spacial score (nSPS) is 13.5. The van der Waals surface area contributed by atoms with Crippen molar-refractivity contribution >= 4 is 43.5 Å². The summed E-state index contributed by atoms with van der Waals surface area (Å²) in [5.41, 5.74) is 5.49. The van der Waals surface area contributed by atoms with E-state index in [1.54, 1.807) is 6.20 Å². The van der Waals surface area contributed by atoms with Gasteiger partial charge in [0.15, 0.2) is 0 Å². The van der Waals surface area contributed by atoms with E-state index in [-0.39, 0.29) is 11.9 Å². The number of hydrogen-bond donors (Lipinski definition) is 2. The second kappa shape index (κ2) is 6.20. The highest BCUT2D eigenvalue weighted by Crippen LogP contribution is 2.27. The van der Waals surface area contributed by atoms with E-state index in [0.717, 1.165) is 14.8 Å². The summed E-state index contributed by atoms with van der Waals surface area (Å²) in [6.07, 6.45) is 2.20. The van der Waals surface area contributed by atoms with Crippen molar-refractivity contribution in [3.63, 3.8) is 0 Å². The monoisotopic (exact) mass is 364 g/mol. The molecule has 0 amide bonds. The highest BCUT2D eigenvalue weighted by Gasteiger charge is 2.15. The molecule has 17 heavy (non-hydrogen) atoms. The number of amidine groups is 1. The zero-order chi connectivity index (χ0) is 13.0. The maximum atomic E-state index is 8.54. The molecule has 0 saturated heterocycles. The fourth-order valence-corrected chi connectivity index (χ4v) is 2.62. The third-order valence-corrected chi connectivity index (χ3v) is 3.43. The van der Waals surface area contributed by atoms with Gasteiger partial charge in [0.1, 0.15) is 11.7 Å². The molecule has 0 radical (unpaired) electrons. The maximum Gasteiger partial charge on any atom is 0.142 e. The van der Waals surface area contributed by atoms with Crippen LogP contribution in [0.2, 0.25) is 0 Å². The lowest BCUT2D eigenvalue weighted by atomic mass is 10.2. The second-order valence-electron chi connectivity index (χ2n) is 3.71. The fourth-order valence-electron chi connectivity index (χ4n) is 1.36. The van der Waals surface area contributed by atoms with Gasteiger partial charge < -0.3 is 15.8 Å². The highest BCUT2D eigenvalue weighted by molar-refractivity contribution is 9.11. The van der Waals surface area contributed by atoms with Gasteiger partial charge in [0, 0.05) is 30.2 Å². The number of oxime groups is 1. The van der Waals surface area contributed by atoms with Crippen molar-refractivity contribution in [1.82, 2.24) is 4.98 Å². The zero-order valence-electron chi connectivity index (χ0n) is 9.56. The smallest absolute Gasteiger partial charge is 0.142 e. The lowest BCUT2D eigenvalue weighted by molar-refractivity contribution is 0.316. The van der Waals surface area contributed by atoms with E-state index >= 15 is 0 Å². The van der Waals surface area contributed by atoms with Gasteiger partial charge in [-0.2, -0.15) is 0 Å². The lowest BCUT2D eigenvalue weighted by Crippen LogP contribution is -2.33. The minimum absolute atomic E-state index is 0.0795. The molecule has 1 heterocycles. The quantitative estimate of drug-likeness (QED) is 0.372. The molecule has 1 atom stereocenters. The van der Waals surface area contributed by atoms with Gasteiger partial charge in [0.05, 0.1) is 4.47 Å². The molecule has 1 rings (SSSR count). The van der Waals surface area contributed by atoms with E-state index in [1.807, 2.05) is 24.9 Å². The maximum absolute atomic E-state index is 8.54. The first-order chi connectivity index (χ1) is 7.95. The Bertz CT molecular complexity index is 425. The summed E-state index contributed by atoms with van der Waals surface area (Å²) in [7, 11) is 1.91. The number of anilines is 1. The average molecular weight is 366 g/mol. The van der Waals surface area contributed by atoms with E-state index in [1.165, 1.54) is 0 Å². The van der Waals surface area contributed by atoms with Gasteiger partial charge in [-0.25, -0.2) is 4.98 Å². The average Bonchev–Trinajstić information content (AvgIpc) is 2.28. The molecule has 5 nitrogen and oxygen atoms in total. The zero-order valence-corrected chi connectivity index (χ0v) is 12.7. The van der Waals surface area contributed by atoms with Crippen LogP contribution in [0.15, 0.2) is 26.4 Å². The minimum atomic E-state index is 0.0795. The fraction of sp³-hybridized carbons (Fsp3) is 0.400. The van der Waals surface area contributed by atoms with Gasteiger partial charge in [-0.15, -0.1) is 0 Å². The lowest BCUT2D eigenvalue weighted by Gasteiger charge is -2.26. The van der Waals surface area contributed by atoms with Crippen molar-refractivity contribution < 1.29 is 5.21 Å². The molecule has 0 saturated carbocycles. The summed E-state index contributed by atoms with van der Waals surface area (Å²) >= 11 is 6.80. The van der Waals surface area contributed by atoms with Crippen LogP contribution in [0.5, 0.6) is 0 Å². The third kappa shape index (κ3) is 3.85. The molecule has 94 valence electrons. The van der Waals surface area contributed by atoms with Crippen LogP contribution >= 0.6 is 31.9 Å². The summed E-state index contributed by atoms with van der Waals surface area (Å²) in [5, 5.41) is 11.5. The predicted octanol–water partition coefficient (Wildman–Crippen LogP) is 2.57. The Kier molecular flexibility index (Phi) is 5.20. The van der Waals surface area contributed by atoms with Gasteiger partial charge in [-0.1, -0.05) is 5.16 Å². The van der Waals surface area contributed by atoms with E-state index in [0.29, 0.717) is 6.42 Å². The number of hydrogen-bond acceptors (Lipinski definition) is 4. The van der Waals surface area contributed by atoms with Crippen LogP contribution < -0.4 is 10.6 Å². The molecular formula is C10H14Br2N4O. The summed E-state index contributed by atoms with van der Waals surface area (Å²) in [6, 6.07) is 2.01. The molecule has 0 bridgehead atoms. The molecule has 1 aromatic heterocycles. The number of rotatable bonds is 4. The van der Waals surface area contributed by atoms with Crippen LogP contribution in [0.4, 0.5) is 5.82 Å². The molecule has 0 aromatic carbocycles. The molecule has 0 aliphatic carbocycles. The second-order valence-corrected chi connectivity index (χ2v) is 5.48. The van der Waals surface area contributed by atoms with Gasteiger partial charge >= 0.3 is 0 Å². The number of pyridine rings is 1. The van der Waals surface area contributed by atoms with E-state index in [4.69, 9.17) is 10.9 Å². The van der Waals surface area contributed by atoms with Crippen molar-refractivity contribution in [2.75, 3.05) is 11.9 Å².